The number of amides is 2. The number of benzene rings is 1. The first-order valence-corrected chi connectivity index (χ1v) is 8.10. The van der Waals surface area contributed by atoms with E-state index in [-0.39, 0.29) is 12.3 Å². The van der Waals surface area contributed by atoms with Gasteiger partial charge in [-0.15, -0.1) is 0 Å². The lowest BCUT2D eigenvalue weighted by Crippen LogP contribution is -2.54. The van der Waals surface area contributed by atoms with Crippen LogP contribution in [0.5, 0.6) is 0 Å². The molecule has 0 radical (unpaired) electrons. The highest BCUT2D eigenvalue weighted by molar-refractivity contribution is 5.99. The molecule has 2 N–H and O–H groups in total. The van der Waals surface area contributed by atoms with Gasteiger partial charge in [-0.25, -0.2) is 10.0 Å². The summed E-state index contributed by atoms with van der Waals surface area (Å²) in [4.78, 5) is 24.8. The molecule has 1 saturated heterocycles. The van der Waals surface area contributed by atoms with Crippen molar-refractivity contribution in [3.63, 3.8) is 0 Å². The van der Waals surface area contributed by atoms with Crippen molar-refractivity contribution in [2.75, 3.05) is 19.1 Å². The van der Waals surface area contributed by atoms with E-state index in [1.165, 1.54) is 18.9 Å². The maximum atomic E-state index is 12.8. The molecule has 0 saturated carbocycles. The van der Waals surface area contributed by atoms with E-state index in [1.807, 2.05) is 6.07 Å². The third-order valence-electron chi connectivity index (χ3n) is 4.87. The molecular formula is C17H23F3N4O2. The number of halogens is 3. The van der Waals surface area contributed by atoms with Gasteiger partial charge in [0.1, 0.15) is 6.04 Å². The third-order valence-corrected chi connectivity index (χ3v) is 4.87. The summed E-state index contributed by atoms with van der Waals surface area (Å²) in [6.45, 7) is 3.04. The predicted octanol–water partition coefficient (Wildman–Crippen LogP) is 1.77. The van der Waals surface area contributed by atoms with Crippen molar-refractivity contribution >= 4 is 17.5 Å². The maximum absolute atomic E-state index is 12.8. The number of alkyl halides is 3. The lowest BCUT2D eigenvalue weighted by atomic mass is 9.90. The minimum Gasteiger partial charge on any atom is -0.333 e. The number of nitrogens with two attached hydrogens (primary N) is 1. The third kappa shape index (κ3) is 3.68. The van der Waals surface area contributed by atoms with E-state index in [0.717, 1.165) is 7.05 Å². The smallest absolute Gasteiger partial charge is 0.333 e. The van der Waals surface area contributed by atoms with E-state index >= 15 is 0 Å². The van der Waals surface area contributed by atoms with Crippen LogP contribution in [0.1, 0.15) is 20.3 Å². The molecule has 1 aromatic carbocycles. The van der Waals surface area contributed by atoms with Crippen LogP contribution in [0.15, 0.2) is 30.3 Å². The van der Waals surface area contributed by atoms with Crippen LogP contribution in [0.25, 0.3) is 0 Å². The highest BCUT2D eigenvalue weighted by atomic mass is 19.4. The number of hydrogen-bond acceptors (Lipinski definition) is 4. The Morgan fingerprint density at radius 2 is 1.77 bits per heavy atom. The highest BCUT2D eigenvalue weighted by Crippen LogP contribution is 2.32. The predicted molar refractivity (Wildman–Crippen MR) is 91.0 cm³/mol. The maximum Gasteiger partial charge on any atom is 0.471 e. The first kappa shape index (κ1) is 20.2. The number of carbonyl (C=O) groups is 2. The van der Waals surface area contributed by atoms with Crippen molar-refractivity contribution in [2.24, 2.45) is 5.73 Å². The van der Waals surface area contributed by atoms with Gasteiger partial charge in [0.05, 0.1) is 11.7 Å². The number of anilines is 1. The fourth-order valence-electron chi connectivity index (χ4n) is 3.09. The second-order valence-electron chi connectivity index (χ2n) is 7.03. The van der Waals surface area contributed by atoms with Crippen LogP contribution in [0.4, 0.5) is 18.9 Å². The number of hydrazine groups is 1. The summed E-state index contributed by atoms with van der Waals surface area (Å²) < 4.78 is 38.3. The average molecular weight is 372 g/mol. The van der Waals surface area contributed by atoms with E-state index in [1.54, 1.807) is 36.3 Å². The van der Waals surface area contributed by atoms with E-state index in [9.17, 15) is 22.8 Å². The van der Waals surface area contributed by atoms with Gasteiger partial charge >= 0.3 is 12.1 Å². The van der Waals surface area contributed by atoms with Crippen molar-refractivity contribution in [3.8, 4) is 0 Å². The van der Waals surface area contributed by atoms with Crippen LogP contribution in [-0.4, -0.2) is 59.6 Å². The zero-order valence-electron chi connectivity index (χ0n) is 15.1. The molecule has 0 bridgehead atoms. The van der Waals surface area contributed by atoms with Crippen molar-refractivity contribution in [3.05, 3.63) is 30.3 Å². The molecule has 1 aromatic rings. The molecule has 0 aliphatic carbocycles. The molecule has 144 valence electrons. The molecule has 9 heteroatoms. The first-order chi connectivity index (χ1) is 11.9. The molecule has 2 amide bonds. The molecule has 1 heterocycles. The molecule has 1 fully saturated rings. The van der Waals surface area contributed by atoms with Crippen LogP contribution < -0.4 is 10.7 Å². The highest BCUT2D eigenvalue weighted by Gasteiger charge is 2.49. The lowest BCUT2D eigenvalue weighted by Gasteiger charge is -2.40. The van der Waals surface area contributed by atoms with Gasteiger partial charge in [0, 0.05) is 19.6 Å². The molecule has 1 aliphatic rings. The van der Waals surface area contributed by atoms with Gasteiger partial charge in [-0.2, -0.15) is 13.2 Å². The van der Waals surface area contributed by atoms with Crippen LogP contribution in [-0.2, 0) is 9.59 Å². The zero-order chi connectivity index (χ0) is 19.9. The molecular weight excluding hydrogens is 349 g/mol. The number of para-hydroxylation sites is 1. The normalized spacial score (nSPS) is 22.0. The molecule has 0 spiro atoms. The Kier molecular flexibility index (Phi) is 5.34. The van der Waals surface area contributed by atoms with Crippen molar-refractivity contribution in [1.82, 2.24) is 9.91 Å². The zero-order valence-corrected chi connectivity index (χ0v) is 15.1. The molecule has 0 aromatic heterocycles. The van der Waals surface area contributed by atoms with Gasteiger partial charge < -0.3 is 10.6 Å². The molecule has 2 rings (SSSR count). The van der Waals surface area contributed by atoms with E-state index in [4.69, 9.17) is 5.73 Å². The van der Waals surface area contributed by atoms with Crippen molar-refractivity contribution in [2.45, 2.75) is 44.1 Å². The van der Waals surface area contributed by atoms with Gasteiger partial charge in [-0.3, -0.25) is 9.59 Å². The van der Waals surface area contributed by atoms with Crippen LogP contribution in [0.3, 0.4) is 0 Å². The Hall–Kier alpha value is -2.13. The van der Waals surface area contributed by atoms with Gasteiger partial charge in [0.25, 0.3) is 5.91 Å². The second-order valence-corrected chi connectivity index (χ2v) is 7.03. The van der Waals surface area contributed by atoms with Gasteiger partial charge in [0.2, 0.25) is 0 Å². The average Bonchev–Trinajstić information content (AvgIpc) is 2.76. The summed E-state index contributed by atoms with van der Waals surface area (Å²) >= 11 is 0. The summed E-state index contributed by atoms with van der Waals surface area (Å²) in [6.07, 6.45) is -4.86. The minimum absolute atomic E-state index is 0.0953. The number of likely N-dealkylation sites (N-methyl/N-ethyl adjacent to an activating group) is 1. The summed E-state index contributed by atoms with van der Waals surface area (Å²) in [5, 5.41) is 3.03. The quantitative estimate of drug-likeness (QED) is 0.875. The Balaban J connectivity index is 2.23. The van der Waals surface area contributed by atoms with Gasteiger partial charge in [0.15, 0.2) is 0 Å². The number of carbonyl (C=O) groups excluding carboxylic acids is 2. The fourth-order valence-corrected chi connectivity index (χ4v) is 3.09. The standard InChI is InChI=1S/C17H23F3N4O2/c1-16(2,22(3)15(26)17(18,19)20)10-12-13(21)14(25)24(23(12)4)11-8-6-5-7-9-11/h5-9,12-13H,10,21H2,1-4H3. The number of rotatable bonds is 4. The molecule has 2 atom stereocenters. The van der Waals surface area contributed by atoms with Crippen molar-refractivity contribution in [1.29, 1.82) is 0 Å². The van der Waals surface area contributed by atoms with Gasteiger partial charge in [-0.1, -0.05) is 18.2 Å². The Morgan fingerprint density at radius 3 is 2.27 bits per heavy atom. The largest absolute Gasteiger partial charge is 0.471 e. The molecule has 2 unspecified atom stereocenters. The summed E-state index contributed by atoms with van der Waals surface area (Å²) in [5.74, 6) is -2.27. The van der Waals surface area contributed by atoms with Crippen molar-refractivity contribution < 1.29 is 22.8 Å². The van der Waals surface area contributed by atoms with Crippen LogP contribution in [0.2, 0.25) is 0 Å². The Bertz CT molecular complexity index is 678. The SMILES string of the molecule is CN1C(CC(C)(C)N(C)C(=O)C(F)(F)F)C(N)C(=O)N1c1ccccc1. The van der Waals surface area contributed by atoms with Gasteiger partial charge in [-0.05, 0) is 32.4 Å². The van der Waals surface area contributed by atoms with Crippen LogP contribution in [0, 0.1) is 0 Å². The fraction of sp³-hybridized carbons (Fsp3) is 0.529. The summed E-state index contributed by atoms with van der Waals surface area (Å²) in [5.41, 5.74) is 5.52. The first-order valence-electron chi connectivity index (χ1n) is 8.10. The second kappa shape index (κ2) is 6.88. The van der Waals surface area contributed by atoms with Crippen LogP contribution >= 0.6 is 0 Å². The number of nitrogens with zero attached hydrogens (tertiary/aromatic N) is 3. The molecule has 1 aliphatic heterocycles. The minimum atomic E-state index is -4.96. The lowest BCUT2D eigenvalue weighted by molar-refractivity contribution is -0.189. The number of hydrogen-bond donors (Lipinski definition) is 1. The topological polar surface area (TPSA) is 69.9 Å². The summed E-state index contributed by atoms with van der Waals surface area (Å²) in [6, 6.07) is 7.38. The Morgan fingerprint density at radius 1 is 1.23 bits per heavy atom. The van der Waals surface area contributed by atoms with E-state index < -0.39 is 29.7 Å². The van der Waals surface area contributed by atoms with E-state index in [2.05, 4.69) is 0 Å². The van der Waals surface area contributed by atoms with E-state index in [0.29, 0.717) is 10.6 Å². The molecule has 6 nitrogen and oxygen atoms in total. The molecule has 26 heavy (non-hydrogen) atoms. The summed E-state index contributed by atoms with van der Waals surface area (Å²) in [7, 11) is 2.76. The Labute approximate surface area is 150 Å². The monoisotopic (exact) mass is 372 g/mol.